The quantitative estimate of drug-likeness (QED) is 0.146. The third-order valence-corrected chi connectivity index (χ3v) is 7.62. The van der Waals surface area contributed by atoms with Crippen LogP contribution in [0.3, 0.4) is 0 Å². The number of hydrogen-bond acceptors (Lipinski definition) is 4. The predicted octanol–water partition coefficient (Wildman–Crippen LogP) is 8.05. The predicted molar refractivity (Wildman–Crippen MR) is 155 cm³/mol. The second-order valence-corrected chi connectivity index (χ2v) is 10.9. The summed E-state index contributed by atoms with van der Waals surface area (Å²) in [7, 11) is 0. The van der Waals surface area contributed by atoms with Crippen molar-refractivity contribution >= 4 is 78.8 Å². The van der Waals surface area contributed by atoms with Crippen LogP contribution in [0.15, 0.2) is 69.0 Å². The van der Waals surface area contributed by atoms with Crippen LogP contribution in [-0.2, 0) is 6.61 Å². The molecule has 5 nitrogen and oxygen atoms in total. The molecule has 9 heteroatoms. The van der Waals surface area contributed by atoms with E-state index in [-0.39, 0.29) is 11.5 Å². The van der Waals surface area contributed by atoms with Gasteiger partial charge in [-0.2, -0.15) is 9.78 Å². The van der Waals surface area contributed by atoms with Gasteiger partial charge in [0.15, 0.2) is 0 Å². The Morgan fingerprint density at radius 3 is 2.66 bits per heavy atom. The summed E-state index contributed by atoms with van der Waals surface area (Å²) in [6.07, 6.45) is 2.51. The van der Waals surface area contributed by atoms with Crippen molar-refractivity contribution in [2.45, 2.75) is 32.8 Å². The first-order valence-corrected chi connectivity index (χ1v) is 13.5. The monoisotopic (exact) mass is 683 g/mol. The molecule has 0 bridgehead atoms. The van der Waals surface area contributed by atoms with Crippen LogP contribution >= 0.6 is 61.7 Å². The third kappa shape index (κ3) is 6.07. The molecule has 0 aliphatic rings. The summed E-state index contributed by atoms with van der Waals surface area (Å²) >= 11 is 17.7. The van der Waals surface area contributed by atoms with Crippen LogP contribution < -0.4 is 10.3 Å². The van der Waals surface area contributed by atoms with Gasteiger partial charge in [0.2, 0.25) is 0 Å². The highest BCUT2D eigenvalue weighted by Gasteiger charge is 2.15. The summed E-state index contributed by atoms with van der Waals surface area (Å²) in [6.45, 7) is 4.48. The van der Waals surface area contributed by atoms with Crippen molar-refractivity contribution in [1.82, 2.24) is 9.66 Å². The van der Waals surface area contributed by atoms with E-state index in [1.807, 2.05) is 43.3 Å². The van der Waals surface area contributed by atoms with Gasteiger partial charge in [0, 0.05) is 10.4 Å². The molecule has 0 aliphatic carbocycles. The van der Waals surface area contributed by atoms with Crippen molar-refractivity contribution in [1.29, 1.82) is 0 Å². The van der Waals surface area contributed by atoms with Gasteiger partial charge in [-0.25, -0.2) is 4.98 Å². The molecule has 0 unspecified atom stereocenters. The Labute approximate surface area is 235 Å². The van der Waals surface area contributed by atoms with Crippen LogP contribution in [0.25, 0.3) is 10.9 Å². The molecule has 1 heterocycles. The summed E-state index contributed by atoms with van der Waals surface area (Å²) in [4.78, 5) is 18.0. The third-order valence-electron chi connectivity index (χ3n) is 5.54. The van der Waals surface area contributed by atoms with Gasteiger partial charge >= 0.3 is 0 Å². The smallest absolute Gasteiger partial charge is 0.282 e. The largest absolute Gasteiger partial charge is 0.488 e. The van der Waals surface area contributed by atoms with Crippen LogP contribution in [0.4, 0.5) is 0 Å². The molecule has 0 aliphatic heterocycles. The Morgan fingerprint density at radius 2 is 1.94 bits per heavy atom. The fourth-order valence-electron chi connectivity index (χ4n) is 3.41. The molecule has 35 heavy (non-hydrogen) atoms. The summed E-state index contributed by atoms with van der Waals surface area (Å²) in [5, 5.41) is 6.06. The molecule has 0 radical (unpaired) electrons. The first-order valence-electron chi connectivity index (χ1n) is 10.9. The van der Waals surface area contributed by atoms with E-state index in [9.17, 15) is 4.79 Å². The van der Waals surface area contributed by atoms with E-state index < -0.39 is 0 Å². The van der Waals surface area contributed by atoms with Gasteiger partial charge in [0.25, 0.3) is 5.56 Å². The number of aromatic nitrogens is 2. The average Bonchev–Trinajstić information content (AvgIpc) is 2.84. The standard InChI is InChI=1S/C26H21BrCl2IN3O2/c1-3-15(2)25-32-23-8-6-18(27)12-19(23)26(34)33(25)31-13-16-5-9-24(22(30)11-16)35-14-17-4-7-20(28)21(29)10-17/h4-13,15H,3,14H2,1-2H3/t15-/m0/s1. The van der Waals surface area contributed by atoms with Crippen molar-refractivity contribution in [2.24, 2.45) is 5.10 Å². The maximum Gasteiger partial charge on any atom is 0.282 e. The molecule has 180 valence electrons. The second-order valence-electron chi connectivity index (χ2n) is 8.03. The molecule has 4 aromatic rings. The Balaban J connectivity index is 1.61. The van der Waals surface area contributed by atoms with Crippen molar-refractivity contribution < 1.29 is 4.74 Å². The zero-order valence-electron chi connectivity index (χ0n) is 18.9. The van der Waals surface area contributed by atoms with E-state index in [0.29, 0.717) is 33.4 Å². The Bertz CT molecular complexity index is 1490. The van der Waals surface area contributed by atoms with E-state index in [1.165, 1.54) is 4.68 Å². The van der Waals surface area contributed by atoms with E-state index in [1.54, 1.807) is 24.4 Å². The zero-order chi connectivity index (χ0) is 25.1. The lowest BCUT2D eigenvalue weighted by Crippen LogP contribution is -2.23. The van der Waals surface area contributed by atoms with Crippen molar-refractivity contribution in [3.63, 3.8) is 0 Å². The van der Waals surface area contributed by atoms with E-state index in [4.69, 9.17) is 32.9 Å². The molecular formula is C26H21BrCl2IN3O2. The molecule has 1 aromatic heterocycles. The number of fused-ring (bicyclic) bond motifs is 1. The average molecular weight is 685 g/mol. The number of halogens is 4. The van der Waals surface area contributed by atoms with Gasteiger partial charge in [0.05, 0.1) is 30.7 Å². The first kappa shape index (κ1) is 26.1. The van der Waals surface area contributed by atoms with Crippen molar-refractivity contribution in [3.05, 3.63) is 100.0 Å². The molecule has 0 saturated carbocycles. The van der Waals surface area contributed by atoms with E-state index >= 15 is 0 Å². The fraction of sp³-hybridized carbons (Fsp3) is 0.192. The second kappa shape index (κ2) is 11.4. The highest BCUT2D eigenvalue weighted by atomic mass is 127. The number of benzene rings is 3. The van der Waals surface area contributed by atoms with E-state index in [2.05, 4.69) is 50.5 Å². The van der Waals surface area contributed by atoms with E-state index in [0.717, 1.165) is 31.3 Å². The minimum absolute atomic E-state index is 0.0742. The maximum atomic E-state index is 13.3. The van der Waals surface area contributed by atoms with Crippen LogP contribution in [0.2, 0.25) is 10.0 Å². The lowest BCUT2D eigenvalue weighted by atomic mass is 10.1. The Kier molecular flexibility index (Phi) is 8.52. The summed E-state index contributed by atoms with van der Waals surface area (Å²) in [5.41, 5.74) is 2.23. The lowest BCUT2D eigenvalue weighted by Gasteiger charge is -2.14. The Morgan fingerprint density at radius 1 is 1.14 bits per heavy atom. The molecule has 0 spiro atoms. The van der Waals surface area contributed by atoms with Gasteiger partial charge in [-0.3, -0.25) is 4.79 Å². The van der Waals surface area contributed by atoms with Crippen LogP contribution in [0, 0.1) is 3.57 Å². The van der Waals surface area contributed by atoms with Gasteiger partial charge in [-0.1, -0.05) is 59.0 Å². The van der Waals surface area contributed by atoms with Crippen LogP contribution in [0.1, 0.15) is 43.1 Å². The lowest BCUT2D eigenvalue weighted by molar-refractivity contribution is 0.304. The number of nitrogens with zero attached hydrogens (tertiary/aromatic N) is 3. The fourth-order valence-corrected chi connectivity index (χ4v) is 4.79. The summed E-state index contributed by atoms with van der Waals surface area (Å²) < 4.78 is 9.10. The normalized spacial score (nSPS) is 12.4. The molecule has 0 fully saturated rings. The summed E-state index contributed by atoms with van der Waals surface area (Å²) in [5.74, 6) is 1.45. The van der Waals surface area contributed by atoms with Crippen LogP contribution in [-0.4, -0.2) is 15.9 Å². The highest BCUT2D eigenvalue weighted by Crippen LogP contribution is 2.26. The van der Waals surface area contributed by atoms with Crippen molar-refractivity contribution in [2.75, 3.05) is 0 Å². The first-order chi connectivity index (χ1) is 16.8. The summed E-state index contributed by atoms with van der Waals surface area (Å²) in [6, 6.07) is 16.7. The number of ether oxygens (including phenoxy) is 1. The molecule has 1 atom stereocenters. The van der Waals surface area contributed by atoms with Gasteiger partial charge in [-0.05, 0) is 88.7 Å². The Hall–Kier alpha value is -1.94. The highest BCUT2D eigenvalue weighted by molar-refractivity contribution is 14.1. The SMILES string of the molecule is CC[C@H](C)c1nc2ccc(Br)cc2c(=O)n1N=Cc1ccc(OCc2ccc(Cl)c(Cl)c2)c(I)c1. The molecule has 0 amide bonds. The van der Waals surface area contributed by atoms with Crippen molar-refractivity contribution in [3.8, 4) is 5.75 Å². The van der Waals surface area contributed by atoms with Gasteiger partial charge in [0.1, 0.15) is 18.2 Å². The van der Waals surface area contributed by atoms with Gasteiger partial charge in [-0.15, -0.1) is 0 Å². The minimum Gasteiger partial charge on any atom is -0.488 e. The number of rotatable bonds is 7. The zero-order valence-corrected chi connectivity index (χ0v) is 24.2. The minimum atomic E-state index is -0.195. The molecule has 0 saturated heterocycles. The molecule has 3 aromatic carbocycles. The molecular weight excluding hydrogens is 664 g/mol. The molecule has 4 rings (SSSR count). The topological polar surface area (TPSA) is 56.5 Å². The van der Waals surface area contributed by atoms with Crippen LogP contribution in [0.5, 0.6) is 5.75 Å². The molecule has 0 N–H and O–H groups in total. The maximum absolute atomic E-state index is 13.3. The number of hydrogen-bond donors (Lipinski definition) is 0. The van der Waals surface area contributed by atoms with Gasteiger partial charge < -0.3 is 4.74 Å².